The smallest absolute Gasteiger partial charge is 0.0461 e. The molecular weight excluding hydrogens is 256 g/mol. The third-order valence-corrected chi connectivity index (χ3v) is 5.53. The Balaban J connectivity index is 4.30. The summed E-state index contributed by atoms with van der Waals surface area (Å²) in [6, 6.07) is 0. The van der Waals surface area contributed by atoms with Crippen LogP contribution in [-0.2, 0) is 0 Å². The summed E-state index contributed by atoms with van der Waals surface area (Å²) < 4.78 is 0. The summed E-state index contributed by atoms with van der Waals surface area (Å²) in [7, 11) is 0. The van der Waals surface area contributed by atoms with E-state index in [9.17, 15) is 5.11 Å². The highest BCUT2D eigenvalue weighted by molar-refractivity contribution is 4.74. The first kappa shape index (κ1) is 21.0. The first-order valence-corrected chi connectivity index (χ1v) is 9.29. The second-order valence-electron chi connectivity index (χ2n) is 8.57. The Morgan fingerprint density at radius 3 is 1.52 bits per heavy atom. The summed E-state index contributed by atoms with van der Waals surface area (Å²) in [5.74, 6) is 4.94. The highest BCUT2D eigenvalue weighted by Crippen LogP contribution is 2.32. The fraction of sp³-hybridized carbons (Fsp3) is 1.00. The summed E-state index contributed by atoms with van der Waals surface area (Å²) in [6.07, 6.45) is 5.04. The molecule has 0 amide bonds. The Bertz CT molecular complexity index is 246. The van der Waals surface area contributed by atoms with Crippen molar-refractivity contribution in [3.05, 3.63) is 0 Å². The van der Waals surface area contributed by atoms with Crippen LogP contribution in [-0.4, -0.2) is 11.7 Å². The van der Waals surface area contributed by atoms with Gasteiger partial charge in [-0.2, -0.15) is 0 Å². The first-order valence-electron chi connectivity index (χ1n) is 9.29. The Labute approximate surface area is 134 Å². The Morgan fingerprint density at radius 1 is 0.619 bits per heavy atom. The molecule has 0 saturated carbocycles. The van der Waals surface area contributed by atoms with Crippen molar-refractivity contribution in [1.29, 1.82) is 0 Å². The van der Waals surface area contributed by atoms with E-state index in [0.717, 1.165) is 23.7 Å². The van der Waals surface area contributed by atoms with Crippen LogP contribution in [0.3, 0.4) is 0 Å². The molecule has 5 unspecified atom stereocenters. The summed E-state index contributed by atoms with van der Waals surface area (Å²) in [5.41, 5.74) is 0. The van der Waals surface area contributed by atoms with Crippen molar-refractivity contribution in [3.8, 4) is 0 Å². The number of aliphatic hydroxyl groups excluding tert-OH is 1. The lowest BCUT2D eigenvalue weighted by Gasteiger charge is -2.30. The van der Waals surface area contributed by atoms with E-state index in [1.54, 1.807) is 0 Å². The fourth-order valence-corrected chi connectivity index (χ4v) is 3.68. The maximum absolute atomic E-state index is 9.78. The second-order valence-corrected chi connectivity index (χ2v) is 8.57. The van der Waals surface area contributed by atoms with Gasteiger partial charge >= 0.3 is 0 Å². The van der Waals surface area contributed by atoms with E-state index >= 15 is 0 Å². The molecular formula is C20H42O. The van der Waals surface area contributed by atoms with E-state index in [-0.39, 0.29) is 0 Å². The summed E-state index contributed by atoms with van der Waals surface area (Å²) in [6.45, 7) is 19.1. The molecule has 21 heavy (non-hydrogen) atoms. The minimum absolute atomic E-state index is 0.356. The third-order valence-electron chi connectivity index (χ3n) is 5.53. The van der Waals surface area contributed by atoms with Gasteiger partial charge in [0.15, 0.2) is 0 Å². The summed E-state index contributed by atoms with van der Waals surface area (Å²) >= 11 is 0. The Morgan fingerprint density at radius 2 is 1.10 bits per heavy atom. The molecule has 5 atom stereocenters. The van der Waals surface area contributed by atoms with E-state index in [0.29, 0.717) is 24.4 Å². The number of aliphatic hydroxyl groups is 1. The van der Waals surface area contributed by atoms with Crippen LogP contribution in [0.4, 0.5) is 0 Å². The lowest BCUT2D eigenvalue weighted by atomic mass is 9.76. The van der Waals surface area contributed by atoms with Crippen LogP contribution in [0.1, 0.15) is 81.1 Å². The molecule has 0 aromatic rings. The Kier molecular flexibility index (Phi) is 10.6. The predicted octanol–water partition coefficient (Wildman–Crippen LogP) is 6.01. The molecule has 128 valence electrons. The van der Waals surface area contributed by atoms with E-state index in [1.165, 1.54) is 25.7 Å². The lowest BCUT2D eigenvalue weighted by molar-refractivity contribution is 0.124. The van der Waals surface area contributed by atoms with Gasteiger partial charge < -0.3 is 5.11 Å². The molecule has 0 aromatic carbocycles. The molecule has 0 saturated heterocycles. The lowest BCUT2D eigenvalue weighted by Crippen LogP contribution is -2.24. The SMILES string of the molecule is CC(C)CC(C)C(C)CCC(CO)C(C)C(C)CC(C)C. The third kappa shape index (κ3) is 8.86. The van der Waals surface area contributed by atoms with Crippen molar-refractivity contribution < 1.29 is 5.11 Å². The molecule has 0 fully saturated rings. The van der Waals surface area contributed by atoms with Crippen molar-refractivity contribution in [2.75, 3.05) is 6.61 Å². The van der Waals surface area contributed by atoms with Crippen molar-refractivity contribution in [2.45, 2.75) is 81.1 Å². The molecule has 0 aromatic heterocycles. The molecule has 0 radical (unpaired) electrons. The predicted molar refractivity (Wildman–Crippen MR) is 95.4 cm³/mol. The highest BCUT2D eigenvalue weighted by atomic mass is 16.3. The van der Waals surface area contributed by atoms with Crippen LogP contribution in [0.25, 0.3) is 0 Å². The molecule has 0 heterocycles. The van der Waals surface area contributed by atoms with Crippen LogP contribution in [0.15, 0.2) is 0 Å². The van der Waals surface area contributed by atoms with Gasteiger partial charge in [0.1, 0.15) is 0 Å². The van der Waals surface area contributed by atoms with E-state index in [2.05, 4.69) is 55.4 Å². The Hall–Kier alpha value is -0.0400. The van der Waals surface area contributed by atoms with Crippen molar-refractivity contribution >= 4 is 0 Å². The van der Waals surface area contributed by atoms with Crippen molar-refractivity contribution in [1.82, 2.24) is 0 Å². The molecule has 0 spiro atoms. The van der Waals surface area contributed by atoms with E-state index in [4.69, 9.17) is 0 Å². The quantitative estimate of drug-likeness (QED) is 0.495. The van der Waals surface area contributed by atoms with Gasteiger partial charge in [0.2, 0.25) is 0 Å². The minimum atomic E-state index is 0.356. The van der Waals surface area contributed by atoms with Gasteiger partial charge in [-0.05, 0) is 60.7 Å². The molecule has 0 aliphatic heterocycles. The van der Waals surface area contributed by atoms with Crippen molar-refractivity contribution in [3.63, 3.8) is 0 Å². The van der Waals surface area contributed by atoms with Crippen LogP contribution in [0.5, 0.6) is 0 Å². The first-order chi connectivity index (χ1) is 9.68. The molecule has 0 rings (SSSR count). The standard InChI is InChI=1S/C20H42O/c1-14(2)11-17(6)16(5)9-10-20(13-21)19(8)18(7)12-15(3)4/h14-21H,9-13H2,1-8H3. The average Bonchev–Trinajstić information content (AvgIpc) is 2.37. The maximum Gasteiger partial charge on any atom is 0.0461 e. The minimum Gasteiger partial charge on any atom is -0.396 e. The number of rotatable bonds is 11. The monoisotopic (exact) mass is 298 g/mol. The normalized spacial score (nSPS) is 19.6. The average molecular weight is 299 g/mol. The van der Waals surface area contributed by atoms with Gasteiger partial charge in [-0.1, -0.05) is 61.8 Å². The zero-order valence-corrected chi connectivity index (χ0v) is 16.0. The van der Waals surface area contributed by atoms with Gasteiger partial charge in [0.05, 0.1) is 0 Å². The van der Waals surface area contributed by atoms with Crippen LogP contribution in [0.2, 0.25) is 0 Å². The zero-order valence-electron chi connectivity index (χ0n) is 16.0. The summed E-state index contributed by atoms with van der Waals surface area (Å²) in [5, 5.41) is 9.78. The molecule has 1 heteroatoms. The number of hydrogen-bond donors (Lipinski definition) is 1. The van der Waals surface area contributed by atoms with Crippen LogP contribution < -0.4 is 0 Å². The van der Waals surface area contributed by atoms with Gasteiger partial charge in [-0.15, -0.1) is 0 Å². The molecule has 0 aliphatic carbocycles. The van der Waals surface area contributed by atoms with Gasteiger partial charge in [0, 0.05) is 6.61 Å². The molecule has 0 bridgehead atoms. The highest BCUT2D eigenvalue weighted by Gasteiger charge is 2.24. The van der Waals surface area contributed by atoms with Crippen LogP contribution >= 0.6 is 0 Å². The van der Waals surface area contributed by atoms with Gasteiger partial charge in [0.25, 0.3) is 0 Å². The largest absolute Gasteiger partial charge is 0.396 e. The second kappa shape index (κ2) is 10.6. The molecule has 1 nitrogen and oxygen atoms in total. The maximum atomic E-state index is 9.78. The van der Waals surface area contributed by atoms with Gasteiger partial charge in [-0.3, -0.25) is 0 Å². The zero-order chi connectivity index (χ0) is 16.6. The van der Waals surface area contributed by atoms with Crippen molar-refractivity contribution in [2.24, 2.45) is 41.4 Å². The summed E-state index contributed by atoms with van der Waals surface area (Å²) in [4.78, 5) is 0. The molecule has 1 N–H and O–H groups in total. The van der Waals surface area contributed by atoms with Gasteiger partial charge in [-0.25, -0.2) is 0 Å². The van der Waals surface area contributed by atoms with E-state index in [1.807, 2.05) is 0 Å². The van der Waals surface area contributed by atoms with Crippen LogP contribution in [0, 0.1) is 41.4 Å². The number of hydrogen-bond acceptors (Lipinski definition) is 1. The fourth-order valence-electron chi connectivity index (χ4n) is 3.68. The van der Waals surface area contributed by atoms with E-state index < -0.39 is 0 Å². The molecule has 0 aliphatic rings. The topological polar surface area (TPSA) is 20.2 Å².